The summed E-state index contributed by atoms with van der Waals surface area (Å²) in [4.78, 5) is 41.6. The highest BCUT2D eigenvalue weighted by atomic mass is 16.5. The molecule has 3 N–H and O–H groups in total. The average molecular weight is 506 g/mol. The van der Waals surface area contributed by atoms with E-state index in [4.69, 9.17) is 10.5 Å². The molecule has 2 unspecified atom stereocenters. The predicted molar refractivity (Wildman–Crippen MR) is 140 cm³/mol. The lowest BCUT2D eigenvalue weighted by Crippen LogP contribution is -2.61. The van der Waals surface area contributed by atoms with Crippen molar-refractivity contribution in [2.45, 2.75) is 44.9 Å². The maximum atomic E-state index is 13.8. The molecule has 9 nitrogen and oxygen atoms in total. The monoisotopic (exact) mass is 505 g/mol. The van der Waals surface area contributed by atoms with Crippen LogP contribution in [0.25, 0.3) is 0 Å². The molecule has 1 spiro atoms. The van der Waals surface area contributed by atoms with Gasteiger partial charge in [-0.1, -0.05) is 60.7 Å². The molecule has 2 aliphatic heterocycles. The van der Waals surface area contributed by atoms with E-state index in [2.05, 4.69) is 10.4 Å². The Morgan fingerprint density at radius 1 is 1.14 bits per heavy atom. The number of likely N-dealkylation sites (tertiary alicyclic amines) is 1. The van der Waals surface area contributed by atoms with Gasteiger partial charge in [0.25, 0.3) is 5.91 Å². The number of hydrogen-bond donors (Lipinski definition) is 2. The van der Waals surface area contributed by atoms with E-state index >= 15 is 0 Å². The van der Waals surface area contributed by atoms with Crippen molar-refractivity contribution in [3.8, 4) is 0 Å². The number of carbonyl (C=O) groups excluding carboxylic acids is 3. The lowest BCUT2D eigenvalue weighted by molar-refractivity contribution is -0.145. The standard InChI is InChI=1S/C28H35N5O4/c1-27(2,29)25(35)30-22(18-37-17-20-11-6-4-7-12-20)24(34)33-16-10-15-28(19-33)23(31-32(3)26(28)36)21-13-8-5-9-14-21/h4-9,11-14,22H,10,15-19,29H2,1-3H3,(H,30,35). The van der Waals surface area contributed by atoms with Crippen LogP contribution >= 0.6 is 0 Å². The van der Waals surface area contributed by atoms with Crippen LogP contribution < -0.4 is 11.1 Å². The van der Waals surface area contributed by atoms with Gasteiger partial charge in [0.05, 0.1) is 24.5 Å². The van der Waals surface area contributed by atoms with Gasteiger partial charge in [-0.2, -0.15) is 5.10 Å². The predicted octanol–water partition coefficient (Wildman–Crippen LogP) is 1.91. The van der Waals surface area contributed by atoms with Crippen LogP contribution in [0.2, 0.25) is 0 Å². The first-order valence-corrected chi connectivity index (χ1v) is 12.5. The fraction of sp³-hybridized carbons (Fsp3) is 0.429. The van der Waals surface area contributed by atoms with Crippen molar-refractivity contribution < 1.29 is 19.1 Å². The van der Waals surface area contributed by atoms with E-state index in [1.807, 2.05) is 60.7 Å². The smallest absolute Gasteiger partial charge is 0.256 e. The van der Waals surface area contributed by atoms with Crippen LogP contribution in [-0.4, -0.2) is 71.7 Å². The first-order valence-electron chi connectivity index (χ1n) is 12.5. The van der Waals surface area contributed by atoms with Gasteiger partial charge in [-0.05, 0) is 37.8 Å². The second-order valence-electron chi connectivity index (χ2n) is 10.3. The van der Waals surface area contributed by atoms with Crippen molar-refractivity contribution in [3.63, 3.8) is 0 Å². The Morgan fingerprint density at radius 3 is 2.43 bits per heavy atom. The third-order valence-corrected chi connectivity index (χ3v) is 6.84. The van der Waals surface area contributed by atoms with Gasteiger partial charge in [-0.3, -0.25) is 14.4 Å². The number of benzene rings is 2. The number of nitrogens with zero attached hydrogens (tertiary/aromatic N) is 3. The van der Waals surface area contributed by atoms with E-state index in [0.29, 0.717) is 31.7 Å². The Kier molecular flexibility index (Phi) is 7.75. The van der Waals surface area contributed by atoms with Crippen LogP contribution in [0.5, 0.6) is 0 Å². The molecule has 2 aromatic carbocycles. The minimum absolute atomic E-state index is 0.0213. The number of carbonyl (C=O) groups is 3. The zero-order chi connectivity index (χ0) is 26.6. The van der Waals surface area contributed by atoms with Gasteiger partial charge in [-0.15, -0.1) is 0 Å². The number of piperidine rings is 1. The van der Waals surface area contributed by atoms with E-state index in [0.717, 1.165) is 11.1 Å². The molecule has 0 saturated carbocycles. The first kappa shape index (κ1) is 26.5. The van der Waals surface area contributed by atoms with Crippen molar-refractivity contribution in [1.82, 2.24) is 15.2 Å². The molecule has 3 amide bonds. The molecule has 2 atom stereocenters. The SMILES string of the molecule is CN1N=C(c2ccccc2)C2(CCCN(C(=O)C(COCc3ccccc3)NC(=O)C(C)(C)N)C2)C1=O. The van der Waals surface area contributed by atoms with E-state index in [1.165, 1.54) is 5.01 Å². The van der Waals surface area contributed by atoms with Crippen molar-refractivity contribution in [2.75, 3.05) is 26.7 Å². The second kappa shape index (κ2) is 10.8. The summed E-state index contributed by atoms with van der Waals surface area (Å²) in [6.45, 7) is 4.09. The minimum atomic E-state index is -1.17. The van der Waals surface area contributed by atoms with Gasteiger partial charge in [-0.25, -0.2) is 5.01 Å². The molecule has 2 heterocycles. The lowest BCUT2D eigenvalue weighted by atomic mass is 9.73. The molecule has 4 rings (SSSR count). The van der Waals surface area contributed by atoms with Gasteiger partial charge >= 0.3 is 0 Å². The minimum Gasteiger partial charge on any atom is -0.374 e. The summed E-state index contributed by atoms with van der Waals surface area (Å²) >= 11 is 0. The maximum absolute atomic E-state index is 13.8. The molecule has 0 bridgehead atoms. The summed E-state index contributed by atoms with van der Waals surface area (Å²) in [6, 6.07) is 18.2. The fourth-order valence-electron chi connectivity index (χ4n) is 4.85. The summed E-state index contributed by atoms with van der Waals surface area (Å²) in [7, 11) is 1.64. The van der Waals surface area contributed by atoms with Crippen LogP contribution in [0.4, 0.5) is 0 Å². The van der Waals surface area contributed by atoms with E-state index in [9.17, 15) is 14.4 Å². The molecule has 37 heavy (non-hydrogen) atoms. The Morgan fingerprint density at radius 2 is 1.78 bits per heavy atom. The van der Waals surface area contributed by atoms with Crippen molar-refractivity contribution in [2.24, 2.45) is 16.3 Å². The molecular weight excluding hydrogens is 470 g/mol. The van der Waals surface area contributed by atoms with Crippen LogP contribution in [0.15, 0.2) is 65.8 Å². The van der Waals surface area contributed by atoms with Crippen molar-refractivity contribution in [1.29, 1.82) is 0 Å². The normalized spacial score (nSPS) is 20.6. The Hall–Kier alpha value is -3.56. The zero-order valence-corrected chi connectivity index (χ0v) is 21.6. The number of nitrogens with one attached hydrogen (secondary N) is 1. The molecule has 0 aliphatic carbocycles. The van der Waals surface area contributed by atoms with Gasteiger partial charge in [0, 0.05) is 20.1 Å². The molecule has 1 saturated heterocycles. The summed E-state index contributed by atoms with van der Waals surface area (Å²) in [6.07, 6.45) is 1.22. The van der Waals surface area contributed by atoms with Crippen LogP contribution in [-0.2, 0) is 25.7 Å². The fourth-order valence-corrected chi connectivity index (χ4v) is 4.85. The summed E-state index contributed by atoms with van der Waals surface area (Å²) in [5.74, 6) is -0.892. The molecule has 0 aromatic heterocycles. The van der Waals surface area contributed by atoms with Gasteiger partial charge in [0.2, 0.25) is 11.8 Å². The molecule has 196 valence electrons. The number of nitrogens with two attached hydrogens (primary N) is 1. The van der Waals surface area contributed by atoms with E-state index in [1.54, 1.807) is 25.8 Å². The molecule has 2 aliphatic rings. The topological polar surface area (TPSA) is 117 Å². The highest BCUT2D eigenvalue weighted by molar-refractivity contribution is 6.20. The number of ether oxygens (including phenoxy) is 1. The summed E-state index contributed by atoms with van der Waals surface area (Å²) in [5.41, 5.74) is 6.37. The summed E-state index contributed by atoms with van der Waals surface area (Å²) < 4.78 is 5.85. The van der Waals surface area contributed by atoms with E-state index in [-0.39, 0.29) is 25.0 Å². The molecular formula is C28H35N5O4. The lowest BCUT2D eigenvalue weighted by Gasteiger charge is -2.41. The number of amides is 3. The van der Waals surface area contributed by atoms with Crippen molar-refractivity contribution in [3.05, 3.63) is 71.8 Å². The highest BCUT2D eigenvalue weighted by Crippen LogP contribution is 2.40. The van der Waals surface area contributed by atoms with Crippen LogP contribution in [0.3, 0.4) is 0 Å². The number of rotatable bonds is 8. The van der Waals surface area contributed by atoms with Crippen LogP contribution in [0, 0.1) is 5.41 Å². The van der Waals surface area contributed by atoms with Gasteiger partial charge in [0.15, 0.2) is 0 Å². The summed E-state index contributed by atoms with van der Waals surface area (Å²) in [5, 5.41) is 8.72. The Balaban J connectivity index is 1.55. The largest absolute Gasteiger partial charge is 0.374 e. The number of hydrazone groups is 1. The zero-order valence-electron chi connectivity index (χ0n) is 21.6. The number of hydrogen-bond acceptors (Lipinski definition) is 6. The van der Waals surface area contributed by atoms with E-state index < -0.39 is 22.9 Å². The third-order valence-electron chi connectivity index (χ3n) is 6.84. The average Bonchev–Trinajstić information content (AvgIpc) is 3.13. The maximum Gasteiger partial charge on any atom is 0.256 e. The van der Waals surface area contributed by atoms with Crippen molar-refractivity contribution >= 4 is 23.4 Å². The van der Waals surface area contributed by atoms with Crippen LogP contribution in [0.1, 0.15) is 37.8 Å². The molecule has 0 radical (unpaired) electrons. The molecule has 2 aromatic rings. The van der Waals surface area contributed by atoms with Gasteiger partial charge < -0.3 is 20.7 Å². The highest BCUT2D eigenvalue weighted by Gasteiger charge is 2.53. The third kappa shape index (κ3) is 5.73. The Bertz CT molecular complexity index is 1160. The molecule has 9 heteroatoms. The molecule has 1 fully saturated rings. The second-order valence-corrected chi connectivity index (χ2v) is 10.3. The van der Waals surface area contributed by atoms with Gasteiger partial charge in [0.1, 0.15) is 11.5 Å². The first-order chi connectivity index (χ1) is 17.6. The quantitative estimate of drug-likeness (QED) is 0.568. The Labute approximate surface area is 217 Å².